The van der Waals surface area contributed by atoms with Crippen molar-refractivity contribution in [3.8, 4) is 0 Å². The minimum atomic E-state index is 0.782. The molecule has 0 aromatic carbocycles. The van der Waals surface area contributed by atoms with Crippen molar-refractivity contribution in [1.29, 1.82) is 0 Å². The summed E-state index contributed by atoms with van der Waals surface area (Å²) < 4.78 is 0. The monoisotopic (exact) mass is 156 g/mol. The van der Waals surface area contributed by atoms with Crippen molar-refractivity contribution < 1.29 is 0 Å². The van der Waals surface area contributed by atoms with Gasteiger partial charge in [-0.2, -0.15) is 0 Å². The molecule has 0 amide bonds. The van der Waals surface area contributed by atoms with Gasteiger partial charge >= 0.3 is 0 Å². The summed E-state index contributed by atoms with van der Waals surface area (Å²) in [5, 5.41) is 3.24. The molecule has 1 N–H and O–H groups in total. The van der Waals surface area contributed by atoms with E-state index in [2.05, 4.69) is 24.2 Å². The maximum atomic E-state index is 3.24. The minimum Gasteiger partial charge on any atom is -0.318 e. The van der Waals surface area contributed by atoms with Crippen LogP contribution in [0, 0.1) is 0 Å². The molecule has 0 aromatic rings. The van der Waals surface area contributed by atoms with E-state index in [9.17, 15) is 0 Å². The van der Waals surface area contributed by atoms with Crippen molar-refractivity contribution in [2.45, 2.75) is 38.3 Å². The van der Waals surface area contributed by atoms with E-state index in [1.807, 2.05) is 7.05 Å². The fourth-order valence-corrected chi connectivity index (χ4v) is 2.06. The Morgan fingerprint density at radius 2 is 2.00 bits per heavy atom. The van der Waals surface area contributed by atoms with E-state index < -0.39 is 0 Å². The SMILES string of the molecule is CCC1CCC(CNC)N1C. The van der Waals surface area contributed by atoms with E-state index >= 15 is 0 Å². The highest BCUT2D eigenvalue weighted by molar-refractivity contribution is 4.85. The average Bonchev–Trinajstić information content (AvgIpc) is 2.34. The molecule has 1 saturated heterocycles. The lowest BCUT2D eigenvalue weighted by atomic mass is 10.1. The van der Waals surface area contributed by atoms with Crippen molar-refractivity contribution in [1.82, 2.24) is 10.2 Å². The topological polar surface area (TPSA) is 15.3 Å². The Labute approximate surface area is 70.0 Å². The van der Waals surface area contributed by atoms with Crippen LogP contribution in [0.2, 0.25) is 0 Å². The van der Waals surface area contributed by atoms with Gasteiger partial charge in [0.05, 0.1) is 0 Å². The Kier molecular flexibility index (Phi) is 3.34. The lowest BCUT2D eigenvalue weighted by Crippen LogP contribution is -2.37. The van der Waals surface area contributed by atoms with Crippen LogP contribution in [0.25, 0.3) is 0 Å². The molecule has 0 saturated carbocycles. The molecule has 0 spiro atoms. The lowest BCUT2D eigenvalue weighted by molar-refractivity contribution is 0.233. The summed E-state index contributed by atoms with van der Waals surface area (Å²) in [7, 11) is 4.29. The summed E-state index contributed by atoms with van der Waals surface area (Å²) in [6.07, 6.45) is 4.06. The van der Waals surface area contributed by atoms with Crippen molar-refractivity contribution >= 4 is 0 Å². The first kappa shape index (κ1) is 9.01. The first-order valence-electron chi connectivity index (χ1n) is 4.66. The smallest absolute Gasteiger partial charge is 0.0220 e. The molecular formula is C9H20N2. The number of hydrogen-bond donors (Lipinski definition) is 1. The van der Waals surface area contributed by atoms with E-state index in [-0.39, 0.29) is 0 Å². The molecule has 0 radical (unpaired) electrons. The Hall–Kier alpha value is -0.0800. The van der Waals surface area contributed by atoms with Gasteiger partial charge < -0.3 is 5.32 Å². The second kappa shape index (κ2) is 4.07. The van der Waals surface area contributed by atoms with E-state index in [0.717, 1.165) is 18.6 Å². The summed E-state index contributed by atoms with van der Waals surface area (Å²) in [6.45, 7) is 3.43. The standard InChI is InChI=1S/C9H20N2/c1-4-8-5-6-9(7-10-2)11(8)3/h8-10H,4-7H2,1-3H3. The largest absolute Gasteiger partial charge is 0.318 e. The maximum absolute atomic E-state index is 3.24. The van der Waals surface area contributed by atoms with Gasteiger partial charge in [0.2, 0.25) is 0 Å². The van der Waals surface area contributed by atoms with Crippen LogP contribution >= 0.6 is 0 Å². The van der Waals surface area contributed by atoms with Crippen molar-refractivity contribution in [3.63, 3.8) is 0 Å². The molecule has 66 valence electrons. The second-order valence-corrected chi connectivity index (χ2v) is 3.52. The fraction of sp³-hybridized carbons (Fsp3) is 1.00. The third kappa shape index (κ3) is 1.94. The highest BCUT2D eigenvalue weighted by Crippen LogP contribution is 2.23. The number of rotatable bonds is 3. The van der Waals surface area contributed by atoms with Crippen LogP contribution in [0.3, 0.4) is 0 Å². The number of nitrogens with one attached hydrogen (secondary N) is 1. The van der Waals surface area contributed by atoms with E-state index in [0.29, 0.717) is 0 Å². The summed E-state index contributed by atoms with van der Waals surface area (Å²) in [6, 6.07) is 1.62. The Morgan fingerprint density at radius 1 is 1.36 bits per heavy atom. The molecule has 0 bridgehead atoms. The van der Waals surface area contributed by atoms with Crippen LogP contribution in [0.15, 0.2) is 0 Å². The molecule has 1 rings (SSSR count). The van der Waals surface area contributed by atoms with Gasteiger partial charge in [-0.3, -0.25) is 4.90 Å². The number of likely N-dealkylation sites (tertiary alicyclic amines) is 1. The molecule has 1 aliphatic heterocycles. The van der Waals surface area contributed by atoms with Crippen LogP contribution in [0.4, 0.5) is 0 Å². The van der Waals surface area contributed by atoms with Gasteiger partial charge in [-0.1, -0.05) is 6.92 Å². The highest BCUT2D eigenvalue weighted by Gasteiger charge is 2.27. The zero-order valence-corrected chi connectivity index (χ0v) is 7.93. The van der Waals surface area contributed by atoms with Crippen molar-refractivity contribution in [2.24, 2.45) is 0 Å². The van der Waals surface area contributed by atoms with Gasteiger partial charge in [-0.15, -0.1) is 0 Å². The molecular weight excluding hydrogens is 136 g/mol. The van der Waals surface area contributed by atoms with Crippen molar-refractivity contribution in [3.05, 3.63) is 0 Å². The summed E-state index contributed by atoms with van der Waals surface area (Å²) in [4.78, 5) is 2.52. The highest BCUT2D eigenvalue weighted by atomic mass is 15.2. The molecule has 1 heterocycles. The van der Waals surface area contributed by atoms with Crippen LogP contribution in [0.5, 0.6) is 0 Å². The second-order valence-electron chi connectivity index (χ2n) is 3.52. The zero-order valence-electron chi connectivity index (χ0n) is 7.93. The van der Waals surface area contributed by atoms with E-state index in [1.165, 1.54) is 19.3 Å². The fourth-order valence-electron chi connectivity index (χ4n) is 2.06. The predicted octanol–water partition coefficient (Wildman–Crippen LogP) is 1.08. The van der Waals surface area contributed by atoms with Gasteiger partial charge in [0.1, 0.15) is 0 Å². The third-order valence-corrected chi connectivity index (χ3v) is 2.90. The van der Waals surface area contributed by atoms with Gasteiger partial charge in [0, 0.05) is 18.6 Å². The first-order chi connectivity index (χ1) is 5.29. The van der Waals surface area contributed by atoms with Gasteiger partial charge in [-0.05, 0) is 33.4 Å². The Balaban J connectivity index is 2.35. The predicted molar refractivity (Wildman–Crippen MR) is 48.8 cm³/mol. The molecule has 2 atom stereocenters. The van der Waals surface area contributed by atoms with Crippen LogP contribution in [0.1, 0.15) is 26.2 Å². The third-order valence-electron chi connectivity index (χ3n) is 2.90. The van der Waals surface area contributed by atoms with Crippen LogP contribution in [-0.4, -0.2) is 37.6 Å². The Bertz CT molecular complexity index is 114. The van der Waals surface area contributed by atoms with Crippen LogP contribution in [-0.2, 0) is 0 Å². The average molecular weight is 156 g/mol. The van der Waals surface area contributed by atoms with E-state index in [1.54, 1.807) is 0 Å². The van der Waals surface area contributed by atoms with Crippen molar-refractivity contribution in [2.75, 3.05) is 20.6 Å². The maximum Gasteiger partial charge on any atom is 0.0220 e. The number of likely N-dealkylation sites (N-methyl/N-ethyl adjacent to an activating group) is 2. The zero-order chi connectivity index (χ0) is 8.27. The molecule has 11 heavy (non-hydrogen) atoms. The normalized spacial score (nSPS) is 33.0. The molecule has 0 aromatic heterocycles. The number of nitrogens with zero attached hydrogens (tertiary/aromatic N) is 1. The molecule has 2 nitrogen and oxygen atoms in total. The molecule has 0 aliphatic carbocycles. The van der Waals surface area contributed by atoms with Crippen LogP contribution < -0.4 is 5.32 Å². The summed E-state index contributed by atoms with van der Waals surface area (Å²) in [5.74, 6) is 0. The Morgan fingerprint density at radius 3 is 2.45 bits per heavy atom. The molecule has 1 aliphatic rings. The van der Waals surface area contributed by atoms with Gasteiger partial charge in [0.15, 0.2) is 0 Å². The van der Waals surface area contributed by atoms with Gasteiger partial charge in [-0.25, -0.2) is 0 Å². The summed E-state index contributed by atoms with van der Waals surface area (Å²) in [5.41, 5.74) is 0. The molecule has 1 fully saturated rings. The summed E-state index contributed by atoms with van der Waals surface area (Å²) >= 11 is 0. The number of hydrogen-bond acceptors (Lipinski definition) is 2. The van der Waals surface area contributed by atoms with Gasteiger partial charge in [0.25, 0.3) is 0 Å². The lowest BCUT2D eigenvalue weighted by Gasteiger charge is -2.24. The minimum absolute atomic E-state index is 0.782. The molecule has 2 heteroatoms. The molecule has 2 unspecified atom stereocenters. The quantitative estimate of drug-likeness (QED) is 0.658. The first-order valence-corrected chi connectivity index (χ1v) is 4.66. The van der Waals surface area contributed by atoms with E-state index in [4.69, 9.17) is 0 Å².